The third kappa shape index (κ3) is 5.29. The Kier molecular flexibility index (Phi) is 7.27. The summed E-state index contributed by atoms with van der Waals surface area (Å²) in [5.74, 6) is 0.00787. The molecule has 2 aliphatic heterocycles. The van der Waals surface area contributed by atoms with Gasteiger partial charge in [0.1, 0.15) is 12.0 Å². The first kappa shape index (κ1) is 21.9. The molecular weight excluding hydrogens is 392 g/mol. The van der Waals surface area contributed by atoms with Gasteiger partial charge in [-0.15, -0.1) is 0 Å². The van der Waals surface area contributed by atoms with E-state index in [2.05, 4.69) is 27.4 Å². The van der Waals surface area contributed by atoms with E-state index in [9.17, 15) is 4.79 Å². The molecule has 0 spiro atoms. The van der Waals surface area contributed by atoms with Gasteiger partial charge in [0.2, 0.25) is 0 Å². The number of carbonyl (C=O) groups excluding carboxylic acids is 1. The lowest BCUT2D eigenvalue weighted by Crippen LogP contribution is -2.54. The fraction of sp³-hybridized carbons (Fsp3) is 0.542. The van der Waals surface area contributed by atoms with Crippen LogP contribution in [0.3, 0.4) is 0 Å². The molecule has 1 N–H and O–H groups in total. The number of benzene rings is 1. The monoisotopic (exact) mass is 424 g/mol. The van der Waals surface area contributed by atoms with Gasteiger partial charge in [0.25, 0.3) is 5.91 Å². The van der Waals surface area contributed by atoms with Gasteiger partial charge in [0.05, 0.1) is 18.4 Å². The second kappa shape index (κ2) is 10.3. The summed E-state index contributed by atoms with van der Waals surface area (Å²) in [7, 11) is 1.74. The average molecular weight is 425 g/mol. The Morgan fingerprint density at radius 2 is 1.97 bits per heavy atom. The number of carbonyl (C=O) groups is 1. The molecule has 31 heavy (non-hydrogen) atoms. The van der Waals surface area contributed by atoms with Crippen LogP contribution in [0, 0.1) is 6.92 Å². The van der Waals surface area contributed by atoms with Crippen LogP contribution in [-0.4, -0.2) is 72.4 Å². The van der Waals surface area contributed by atoms with Gasteiger partial charge in [0.15, 0.2) is 0 Å². The van der Waals surface area contributed by atoms with E-state index in [0.29, 0.717) is 30.8 Å². The zero-order chi connectivity index (χ0) is 21.6. The van der Waals surface area contributed by atoms with E-state index >= 15 is 0 Å². The van der Waals surface area contributed by atoms with Gasteiger partial charge >= 0.3 is 0 Å². The molecule has 3 heterocycles. The SMILES string of the molecule is COC1COCCC1NC1CCN(C(=O)c2ncnc(Cc3ccccc3)c2C)CC1. The molecule has 0 bridgehead atoms. The molecule has 166 valence electrons. The number of hydrogen-bond acceptors (Lipinski definition) is 6. The predicted molar refractivity (Wildman–Crippen MR) is 118 cm³/mol. The van der Waals surface area contributed by atoms with E-state index in [1.807, 2.05) is 30.0 Å². The number of nitrogens with one attached hydrogen (secondary N) is 1. The number of aromatic nitrogens is 2. The number of methoxy groups -OCH3 is 1. The number of ether oxygens (including phenoxy) is 2. The van der Waals surface area contributed by atoms with Gasteiger partial charge in [-0.05, 0) is 31.7 Å². The third-order valence-electron chi connectivity index (χ3n) is 6.44. The molecule has 0 saturated carbocycles. The van der Waals surface area contributed by atoms with Crippen LogP contribution in [0.5, 0.6) is 0 Å². The molecule has 4 rings (SSSR count). The Morgan fingerprint density at radius 1 is 1.19 bits per heavy atom. The van der Waals surface area contributed by atoms with E-state index in [0.717, 1.165) is 50.2 Å². The molecule has 0 radical (unpaired) electrons. The van der Waals surface area contributed by atoms with E-state index in [1.54, 1.807) is 7.11 Å². The summed E-state index contributed by atoms with van der Waals surface area (Å²) >= 11 is 0. The normalized spacial score (nSPS) is 22.5. The van der Waals surface area contributed by atoms with Crippen molar-refractivity contribution in [1.29, 1.82) is 0 Å². The standard InChI is InChI=1S/C24H32N4O3/c1-17-21(14-18-6-4-3-5-7-18)25-16-26-23(17)24(29)28-11-8-19(9-12-28)27-20-10-13-31-15-22(20)30-2/h3-7,16,19-20,22,27H,8-15H2,1-2H3. The molecular formula is C24H32N4O3. The predicted octanol–water partition coefficient (Wildman–Crippen LogP) is 2.37. The second-order valence-electron chi connectivity index (χ2n) is 8.43. The number of piperidine rings is 1. The fourth-order valence-electron chi connectivity index (χ4n) is 4.51. The van der Waals surface area contributed by atoms with E-state index in [1.165, 1.54) is 11.9 Å². The van der Waals surface area contributed by atoms with Crippen LogP contribution in [0.2, 0.25) is 0 Å². The summed E-state index contributed by atoms with van der Waals surface area (Å²) in [6.07, 6.45) is 5.14. The summed E-state index contributed by atoms with van der Waals surface area (Å²) in [4.78, 5) is 23.9. The van der Waals surface area contributed by atoms with Crippen molar-refractivity contribution >= 4 is 5.91 Å². The fourth-order valence-corrected chi connectivity index (χ4v) is 4.51. The maximum atomic E-state index is 13.2. The minimum absolute atomic E-state index is 0.00787. The zero-order valence-electron chi connectivity index (χ0n) is 18.4. The summed E-state index contributed by atoms with van der Waals surface area (Å²) < 4.78 is 11.1. The van der Waals surface area contributed by atoms with Crippen molar-refractivity contribution in [3.8, 4) is 0 Å². The van der Waals surface area contributed by atoms with Crippen molar-refractivity contribution < 1.29 is 14.3 Å². The van der Waals surface area contributed by atoms with Crippen molar-refractivity contribution in [3.05, 3.63) is 59.2 Å². The Balaban J connectivity index is 1.36. The first-order chi connectivity index (χ1) is 15.2. The highest BCUT2D eigenvalue weighted by atomic mass is 16.5. The molecule has 0 aliphatic carbocycles. The van der Waals surface area contributed by atoms with Gasteiger partial charge in [-0.25, -0.2) is 9.97 Å². The van der Waals surface area contributed by atoms with Gasteiger partial charge in [-0.3, -0.25) is 4.79 Å². The number of rotatable bonds is 6. The smallest absolute Gasteiger partial charge is 0.272 e. The summed E-state index contributed by atoms with van der Waals surface area (Å²) in [5.41, 5.74) is 3.49. The topological polar surface area (TPSA) is 76.6 Å². The zero-order valence-corrected chi connectivity index (χ0v) is 18.4. The highest BCUT2D eigenvalue weighted by Crippen LogP contribution is 2.20. The lowest BCUT2D eigenvalue weighted by atomic mass is 9.99. The minimum Gasteiger partial charge on any atom is -0.379 e. The van der Waals surface area contributed by atoms with Crippen LogP contribution in [0.25, 0.3) is 0 Å². The van der Waals surface area contributed by atoms with Crippen LogP contribution in [0.4, 0.5) is 0 Å². The van der Waals surface area contributed by atoms with Crippen LogP contribution < -0.4 is 5.32 Å². The Bertz CT molecular complexity index is 868. The molecule has 2 aliphatic rings. The first-order valence-corrected chi connectivity index (χ1v) is 11.2. The van der Waals surface area contributed by atoms with Crippen LogP contribution in [0.1, 0.15) is 46.6 Å². The lowest BCUT2D eigenvalue weighted by molar-refractivity contribution is -0.0533. The largest absolute Gasteiger partial charge is 0.379 e. The van der Waals surface area contributed by atoms with Crippen LogP contribution in [-0.2, 0) is 15.9 Å². The molecule has 7 nitrogen and oxygen atoms in total. The molecule has 1 aromatic heterocycles. The van der Waals surface area contributed by atoms with Gasteiger partial charge in [-0.1, -0.05) is 30.3 Å². The van der Waals surface area contributed by atoms with Crippen molar-refractivity contribution in [1.82, 2.24) is 20.2 Å². The summed E-state index contributed by atoms with van der Waals surface area (Å²) in [6, 6.07) is 10.9. The number of hydrogen-bond donors (Lipinski definition) is 1. The van der Waals surface area contributed by atoms with Crippen molar-refractivity contribution in [2.75, 3.05) is 33.4 Å². The molecule has 1 amide bonds. The van der Waals surface area contributed by atoms with Crippen LogP contribution in [0.15, 0.2) is 36.7 Å². The first-order valence-electron chi connectivity index (χ1n) is 11.2. The number of likely N-dealkylation sites (tertiary alicyclic amines) is 1. The highest BCUT2D eigenvalue weighted by molar-refractivity contribution is 5.93. The maximum Gasteiger partial charge on any atom is 0.272 e. The third-order valence-corrected chi connectivity index (χ3v) is 6.44. The molecule has 1 aromatic carbocycles. The Hall–Kier alpha value is -2.35. The Labute approximate surface area is 184 Å². The van der Waals surface area contributed by atoms with Crippen molar-refractivity contribution in [2.45, 2.75) is 50.8 Å². The maximum absolute atomic E-state index is 13.2. The summed E-state index contributed by atoms with van der Waals surface area (Å²) in [6.45, 7) is 4.83. The number of nitrogens with zero attached hydrogens (tertiary/aromatic N) is 3. The molecule has 2 atom stereocenters. The molecule has 2 unspecified atom stereocenters. The van der Waals surface area contributed by atoms with E-state index in [4.69, 9.17) is 9.47 Å². The Morgan fingerprint density at radius 3 is 2.71 bits per heavy atom. The van der Waals surface area contributed by atoms with Crippen LogP contribution >= 0.6 is 0 Å². The second-order valence-corrected chi connectivity index (χ2v) is 8.43. The average Bonchev–Trinajstić information content (AvgIpc) is 2.81. The van der Waals surface area contributed by atoms with Gasteiger partial charge < -0.3 is 19.7 Å². The van der Waals surface area contributed by atoms with Crippen molar-refractivity contribution in [2.24, 2.45) is 0 Å². The minimum atomic E-state index is 0.00787. The molecule has 7 heteroatoms. The van der Waals surface area contributed by atoms with Gasteiger partial charge in [0, 0.05) is 50.9 Å². The summed E-state index contributed by atoms with van der Waals surface area (Å²) in [5, 5.41) is 3.74. The van der Waals surface area contributed by atoms with E-state index in [-0.39, 0.29) is 12.0 Å². The number of amides is 1. The molecule has 2 fully saturated rings. The quantitative estimate of drug-likeness (QED) is 0.767. The molecule has 2 saturated heterocycles. The van der Waals surface area contributed by atoms with Crippen molar-refractivity contribution in [3.63, 3.8) is 0 Å². The molecule has 2 aromatic rings. The highest BCUT2D eigenvalue weighted by Gasteiger charge is 2.31. The van der Waals surface area contributed by atoms with Gasteiger partial charge in [-0.2, -0.15) is 0 Å². The van der Waals surface area contributed by atoms with E-state index < -0.39 is 0 Å². The lowest BCUT2D eigenvalue weighted by Gasteiger charge is -2.38.